The molecular weight excluding hydrogens is 340 g/mol. The zero-order chi connectivity index (χ0) is 19.1. The molecule has 26 heavy (non-hydrogen) atoms. The average molecular weight is 360 g/mol. The number of rotatable bonds is 6. The summed E-state index contributed by atoms with van der Waals surface area (Å²) in [7, 11) is 0. The molecule has 9 nitrogen and oxygen atoms in total. The van der Waals surface area contributed by atoms with E-state index in [0.717, 1.165) is 0 Å². The molecule has 1 heterocycles. The molecule has 0 fully saturated rings. The molecule has 4 N–H and O–H groups in total. The summed E-state index contributed by atoms with van der Waals surface area (Å²) in [6.45, 7) is 3.97. The van der Waals surface area contributed by atoms with Gasteiger partial charge in [-0.15, -0.1) is 0 Å². The molecule has 2 amide bonds. The molecule has 2 rings (SSSR count). The van der Waals surface area contributed by atoms with Crippen LogP contribution in [0.5, 0.6) is 5.75 Å². The van der Waals surface area contributed by atoms with Crippen molar-refractivity contribution in [3.8, 4) is 5.75 Å². The SMILES string of the molecule is CCOc1ccc(C(=O)NNC(=O)CCc2c(C)[nH]c(=O)[nH]c2=O)cc1. The number of ether oxygens (including phenoxy) is 1. The molecule has 2 aromatic rings. The fourth-order valence-electron chi connectivity index (χ4n) is 2.30. The first-order valence-electron chi connectivity index (χ1n) is 8.04. The van der Waals surface area contributed by atoms with Crippen LogP contribution in [0.15, 0.2) is 33.9 Å². The predicted molar refractivity (Wildman–Crippen MR) is 94.0 cm³/mol. The third kappa shape index (κ3) is 5.07. The zero-order valence-corrected chi connectivity index (χ0v) is 14.5. The Kier molecular flexibility index (Phi) is 6.31. The first-order chi connectivity index (χ1) is 12.4. The number of carbonyl (C=O) groups is 2. The summed E-state index contributed by atoms with van der Waals surface area (Å²) >= 11 is 0. The molecule has 0 spiro atoms. The maximum absolute atomic E-state index is 12.0. The van der Waals surface area contributed by atoms with Crippen LogP contribution in [-0.2, 0) is 11.2 Å². The van der Waals surface area contributed by atoms with E-state index in [1.807, 2.05) is 6.92 Å². The van der Waals surface area contributed by atoms with E-state index < -0.39 is 23.1 Å². The first-order valence-corrected chi connectivity index (χ1v) is 8.04. The van der Waals surface area contributed by atoms with Gasteiger partial charge in [-0.05, 0) is 44.5 Å². The Bertz CT molecular complexity index is 899. The highest BCUT2D eigenvalue weighted by Crippen LogP contribution is 2.11. The van der Waals surface area contributed by atoms with Gasteiger partial charge in [0.2, 0.25) is 5.91 Å². The van der Waals surface area contributed by atoms with Crippen LogP contribution in [0.4, 0.5) is 0 Å². The van der Waals surface area contributed by atoms with Crippen LogP contribution >= 0.6 is 0 Å². The molecule has 0 unspecified atom stereocenters. The third-order valence-corrected chi connectivity index (χ3v) is 3.60. The van der Waals surface area contributed by atoms with Crippen LogP contribution in [0.25, 0.3) is 0 Å². The van der Waals surface area contributed by atoms with Crippen molar-refractivity contribution < 1.29 is 14.3 Å². The number of amides is 2. The summed E-state index contributed by atoms with van der Waals surface area (Å²) in [6, 6.07) is 6.47. The number of hydrazine groups is 1. The molecule has 0 saturated heterocycles. The van der Waals surface area contributed by atoms with Gasteiger partial charge in [-0.2, -0.15) is 0 Å². The molecule has 0 bridgehead atoms. The molecule has 1 aromatic heterocycles. The number of H-pyrrole nitrogens is 2. The molecule has 0 saturated carbocycles. The Morgan fingerprint density at radius 1 is 1.08 bits per heavy atom. The van der Waals surface area contributed by atoms with E-state index in [1.54, 1.807) is 31.2 Å². The summed E-state index contributed by atoms with van der Waals surface area (Å²) in [5.41, 5.74) is 4.55. The maximum Gasteiger partial charge on any atom is 0.325 e. The molecule has 0 aliphatic rings. The smallest absolute Gasteiger partial charge is 0.325 e. The van der Waals surface area contributed by atoms with Gasteiger partial charge < -0.3 is 9.72 Å². The predicted octanol–water partition coefficient (Wildman–Crippen LogP) is 0.164. The lowest BCUT2D eigenvalue weighted by Crippen LogP contribution is -2.42. The van der Waals surface area contributed by atoms with Gasteiger partial charge >= 0.3 is 5.69 Å². The van der Waals surface area contributed by atoms with Crippen molar-refractivity contribution in [2.75, 3.05) is 6.61 Å². The van der Waals surface area contributed by atoms with Crippen molar-refractivity contribution >= 4 is 11.8 Å². The summed E-state index contributed by atoms with van der Waals surface area (Å²) in [5.74, 6) is -0.289. The van der Waals surface area contributed by atoms with Crippen molar-refractivity contribution in [3.63, 3.8) is 0 Å². The molecular formula is C17H20N4O5. The Balaban J connectivity index is 1.86. The highest BCUT2D eigenvalue weighted by atomic mass is 16.5. The van der Waals surface area contributed by atoms with E-state index in [9.17, 15) is 19.2 Å². The second kappa shape index (κ2) is 8.65. The lowest BCUT2D eigenvalue weighted by molar-refractivity contribution is -0.121. The summed E-state index contributed by atoms with van der Waals surface area (Å²) < 4.78 is 5.29. The van der Waals surface area contributed by atoms with E-state index in [-0.39, 0.29) is 12.8 Å². The lowest BCUT2D eigenvalue weighted by Gasteiger charge is -2.09. The van der Waals surface area contributed by atoms with Gasteiger partial charge in [-0.1, -0.05) is 0 Å². The topological polar surface area (TPSA) is 133 Å². The normalized spacial score (nSPS) is 10.2. The zero-order valence-electron chi connectivity index (χ0n) is 14.5. The van der Waals surface area contributed by atoms with Gasteiger partial charge in [0, 0.05) is 23.2 Å². The molecule has 1 aromatic carbocycles. The van der Waals surface area contributed by atoms with Gasteiger partial charge in [-0.3, -0.25) is 30.2 Å². The lowest BCUT2D eigenvalue weighted by atomic mass is 10.1. The average Bonchev–Trinajstić information content (AvgIpc) is 2.59. The fraction of sp³-hybridized carbons (Fsp3) is 0.294. The standard InChI is InChI=1S/C17H20N4O5/c1-3-26-12-6-4-11(5-7-12)15(23)21-20-14(22)9-8-13-10(2)18-17(25)19-16(13)24/h4-7H,3,8-9H2,1-2H3,(H,20,22)(H,21,23)(H2,18,19,24,25). The fourth-order valence-corrected chi connectivity index (χ4v) is 2.30. The quantitative estimate of drug-likeness (QED) is 0.545. The van der Waals surface area contributed by atoms with Crippen LogP contribution in [-0.4, -0.2) is 28.4 Å². The van der Waals surface area contributed by atoms with Crippen molar-refractivity contribution in [1.29, 1.82) is 0 Å². The number of benzene rings is 1. The van der Waals surface area contributed by atoms with E-state index >= 15 is 0 Å². The maximum atomic E-state index is 12.0. The van der Waals surface area contributed by atoms with E-state index in [1.165, 1.54) is 0 Å². The first kappa shape index (κ1) is 19.0. The van der Waals surface area contributed by atoms with Crippen molar-refractivity contribution in [2.45, 2.75) is 26.7 Å². The minimum atomic E-state index is -0.594. The highest BCUT2D eigenvalue weighted by Gasteiger charge is 2.11. The second-order valence-corrected chi connectivity index (χ2v) is 5.47. The second-order valence-electron chi connectivity index (χ2n) is 5.47. The summed E-state index contributed by atoms with van der Waals surface area (Å²) in [6.07, 6.45) is 0.0994. The Morgan fingerprint density at radius 3 is 2.38 bits per heavy atom. The molecule has 0 aliphatic heterocycles. The molecule has 0 atom stereocenters. The van der Waals surface area contributed by atoms with Gasteiger partial charge in [0.1, 0.15) is 5.75 Å². The summed E-state index contributed by atoms with van der Waals surface area (Å²) in [5, 5.41) is 0. The van der Waals surface area contributed by atoms with Gasteiger partial charge in [0.05, 0.1) is 6.61 Å². The Hall–Kier alpha value is -3.36. The van der Waals surface area contributed by atoms with Gasteiger partial charge in [-0.25, -0.2) is 4.79 Å². The van der Waals surface area contributed by atoms with Crippen LogP contribution < -0.4 is 26.8 Å². The minimum Gasteiger partial charge on any atom is -0.494 e. The van der Waals surface area contributed by atoms with Crippen molar-refractivity contribution in [1.82, 2.24) is 20.8 Å². The van der Waals surface area contributed by atoms with Crippen molar-refractivity contribution in [3.05, 3.63) is 61.9 Å². The number of aromatic amines is 2. The Labute approximate surface area is 148 Å². The highest BCUT2D eigenvalue weighted by molar-refractivity contribution is 5.95. The van der Waals surface area contributed by atoms with Gasteiger partial charge in [0.25, 0.3) is 11.5 Å². The molecule has 0 aliphatic carbocycles. The minimum absolute atomic E-state index is 0.0283. The number of aromatic nitrogens is 2. The van der Waals surface area contributed by atoms with Crippen LogP contribution in [0.2, 0.25) is 0 Å². The molecule has 0 radical (unpaired) electrons. The van der Waals surface area contributed by atoms with Crippen LogP contribution in [0, 0.1) is 6.92 Å². The van der Waals surface area contributed by atoms with Crippen molar-refractivity contribution in [2.24, 2.45) is 0 Å². The number of hydrogen-bond acceptors (Lipinski definition) is 5. The summed E-state index contributed by atoms with van der Waals surface area (Å²) in [4.78, 5) is 51.2. The van der Waals surface area contributed by atoms with E-state index in [4.69, 9.17) is 4.74 Å². The number of carbonyl (C=O) groups excluding carboxylic acids is 2. The number of aryl methyl sites for hydroxylation is 1. The van der Waals surface area contributed by atoms with Crippen LogP contribution in [0.1, 0.15) is 35.0 Å². The number of nitrogens with one attached hydrogen (secondary N) is 4. The Morgan fingerprint density at radius 2 is 1.77 bits per heavy atom. The number of hydrogen-bond donors (Lipinski definition) is 4. The van der Waals surface area contributed by atoms with Crippen LogP contribution in [0.3, 0.4) is 0 Å². The van der Waals surface area contributed by atoms with E-state index in [0.29, 0.717) is 29.2 Å². The monoisotopic (exact) mass is 360 g/mol. The molecule has 138 valence electrons. The largest absolute Gasteiger partial charge is 0.494 e. The van der Waals surface area contributed by atoms with Gasteiger partial charge in [0.15, 0.2) is 0 Å². The molecule has 9 heteroatoms. The van der Waals surface area contributed by atoms with E-state index in [2.05, 4.69) is 20.8 Å². The third-order valence-electron chi connectivity index (χ3n) is 3.60.